The van der Waals surface area contributed by atoms with E-state index in [2.05, 4.69) is 46.4 Å². The second-order valence-electron chi connectivity index (χ2n) is 4.05. The maximum absolute atomic E-state index is 3.77. The highest BCUT2D eigenvalue weighted by atomic mass is 14.1. The van der Waals surface area contributed by atoms with E-state index in [1.807, 2.05) is 6.08 Å². The molecular formula is C14H24. The molecule has 0 N–H and O–H groups in total. The van der Waals surface area contributed by atoms with E-state index in [0.29, 0.717) is 0 Å². The zero-order valence-electron chi connectivity index (χ0n) is 10.1. The van der Waals surface area contributed by atoms with Crippen molar-refractivity contribution in [2.45, 2.75) is 47.0 Å². The molecule has 0 aromatic carbocycles. The van der Waals surface area contributed by atoms with E-state index in [0.717, 1.165) is 5.92 Å². The van der Waals surface area contributed by atoms with Crippen LogP contribution < -0.4 is 0 Å². The number of allylic oxidation sites excluding steroid dienone is 5. The Hall–Kier alpha value is -0.780. The summed E-state index contributed by atoms with van der Waals surface area (Å²) in [6, 6.07) is 0. The summed E-state index contributed by atoms with van der Waals surface area (Å²) in [5.41, 5.74) is 2.69. The van der Waals surface area contributed by atoms with E-state index in [1.54, 1.807) is 0 Å². The van der Waals surface area contributed by atoms with Gasteiger partial charge in [-0.05, 0) is 26.2 Å². The highest BCUT2D eigenvalue weighted by molar-refractivity contribution is 5.27. The first-order chi connectivity index (χ1) is 6.63. The molecule has 0 nitrogen and oxygen atoms in total. The van der Waals surface area contributed by atoms with E-state index >= 15 is 0 Å². The van der Waals surface area contributed by atoms with Crippen molar-refractivity contribution in [2.75, 3.05) is 0 Å². The van der Waals surface area contributed by atoms with Gasteiger partial charge in [-0.3, -0.25) is 0 Å². The van der Waals surface area contributed by atoms with Crippen LogP contribution in [0.1, 0.15) is 47.0 Å². The first-order valence-electron chi connectivity index (χ1n) is 5.59. The van der Waals surface area contributed by atoms with Gasteiger partial charge in [-0.15, -0.1) is 0 Å². The van der Waals surface area contributed by atoms with Crippen LogP contribution >= 0.6 is 0 Å². The molecule has 14 heavy (non-hydrogen) atoms. The Morgan fingerprint density at radius 2 is 2.07 bits per heavy atom. The first-order valence-corrected chi connectivity index (χ1v) is 5.59. The van der Waals surface area contributed by atoms with Crippen molar-refractivity contribution in [3.63, 3.8) is 0 Å². The van der Waals surface area contributed by atoms with Crippen LogP contribution in [0.4, 0.5) is 0 Å². The van der Waals surface area contributed by atoms with Crippen molar-refractivity contribution >= 4 is 0 Å². The molecule has 0 aliphatic carbocycles. The molecule has 0 saturated heterocycles. The third kappa shape index (κ3) is 5.80. The van der Waals surface area contributed by atoms with Crippen LogP contribution in [0.3, 0.4) is 0 Å². The van der Waals surface area contributed by atoms with Gasteiger partial charge in [0, 0.05) is 0 Å². The quantitative estimate of drug-likeness (QED) is 0.525. The van der Waals surface area contributed by atoms with E-state index < -0.39 is 0 Å². The highest BCUT2D eigenvalue weighted by Crippen LogP contribution is 2.18. The molecule has 0 rings (SSSR count). The van der Waals surface area contributed by atoms with E-state index in [9.17, 15) is 0 Å². The summed E-state index contributed by atoms with van der Waals surface area (Å²) in [7, 11) is 0. The lowest BCUT2D eigenvalue weighted by atomic mass is 9.95. The van der Waals surface area contributed by atoms with Gasteiger partial charge in [0.15, 0.2) is 0 Å². The standard InChI is InChI=1S/C14H24/c1-6-9-13(5)11-14(8-3)10-12(4)7-2/h7-8,10,13H,2,6,9,11H2,1,3-5H3/b12-10-,14-8+. The molecule has 0 amide bonds. The Balaban J connectivity index is 4.24. The van der Waals surface area contributed by atoms with Crippen LogP contribution in [-0.4, -0.2) is 0 Å². The first kappa shape index (κ1) is 13.2. The molecule has 0 fully saturated rings. The molecule has 0 radical (unpaired) electrons. The molecule has 0 heteroatoms. The van der Waals surface area contributed by atoms with Crippen molar-refractivity contribution in [2.24, 2.45) is 5.92 Å². The summed E-state index contributed by atoms with van der Waals surface area (Å²) < 4.78 is 0. The molecule has 1 atom stereocenters. The smallest absolute Gasteiger partial charge is 0.0256 e. The fourth-order valence-electron chi connectivity index (χ4n) is 1.61. The second-order valence-corrected chi connectivity index (χ2v) is 4.05. The van der Waals surface area contributed by atoms with Gasteiger partial charge in [-0.2, -0.15) is 0 Å². The predicted octanol–water partition coefficient (Wildman–Crippen LogP) is 4.89. The minimum atomic E-state index is 0.792. The van der Waals surface area contributed by atoms with Crippen molar-refractivity contribution in [1.29, 1.82) is 0 Å². The fourth-order valence-corrected chi connectivity index (χ4v) is 1.61. The maximum atomic E-state index is 3.77. The monoisotopic (exact) mass is 192 g/mol. The Labute approximate surface area is 89.4 Å². The SMILES string of the molecule is C=C/C(C)=C\C(=C/C)CC(C)CCC. The van der Waals surface area contributed by atoms with Gasteiger partial charge < -0.3 is 0 Å². The second kappa shape index (κ2) is 7.61. The predicted molar refractivity (Wildman–Crippen MR) is 66.4 cm³/mol. The van der Waals surface area contributed by atoms with Crippen LogP contribution in [-0.2, 0) is 0 Å². The zero-order valence-corrected chi connectivity index (χ0v) is 10.1. The topological polar surface area (TPSA) is 0 Å². The lowest BCUT2D eigenvalue weighted by Crippen LogP contribution is -1.95. The van der Waals surface area contributed by atoms with Crippen molar-refractivity contribution in [3.8, 4) is 0 Å². The van der Waals surface area contributed by atoms with Crippen molar-refractivity contribution < 1.29 is 0 Å². The minimum Gasteiger partial charge on any atom is -0.0988 e. The van der Waals surface area contributed by atoms with Crippen LogP contribution in [0.5, 0.6) is 0 Å². The van der Waals surface area contributed by atoms with Crippen LogP contribution in [0.2, 0.25) is 0 Å². The molecule has 0 saturated carbocycles. The van der Waals surface area contributed by atoms with E-state index in [-0.39, 0.29) is 0 Å². The third-order valence-electron chi connectivity index (χ3n) is 2.47. The Morgan fingerprint density at radius 1 is 1.43 bits per heavy atom. The normalized spacial score (nSPS) is 15.4. The summed E-state index contributed by atoms with van der Waals surface area (Å²) in [5, 5.41) is 0. The van der Waals surface area contributed by atoms with Gasteiger partial charge in [0.1, 0.15) is 0 Å². The third-order valence-corrected chi connectivity index (χ3v) is 2.47. The van der Waals surface area contributed by atoms with Gasteiger partial charge in [0.05, 0.1) is 0 Å². The Morgan fingerprint density at radius 3 is 2.50 bits per heavy atom. The van der Waals surface area contributed by atoms with Crippen LogP contribution in [0, 0.1) is 5.92 Å². The van der Waals surface area contributed by atoms with Gasteiger partial charge in [-0.1, -0.05) is 62.6 Å². The van der Waals surface area contributed by atoms with Crippen molar-refractivity contribution in [1.82, 2.24) is 0 Å². The minimum absolute atomic E-state index is 0.792. The Kier molecular flexibility index (Phi) is 7.18. The summed E-state index contributed by atoms with van der Waals surface area (Å²) in [4.78, 5) is 0. The molecule has 0 aromatic rings. The lowest BCUT2D eigenvalue weighted by molar-refractivity contribution is 0.524. The number of hydrogen-bond donors (Lipinski definition) is 0. The van der Waals surface area contributed by atoms with Gasteiger partial charge in [-0.25, -0.2) is 0 Å². The molecule has 0 aliphatic rings. The summed E-state index contributed by atoms with van der Waals surface area (Å²) in [6.45, 7) is 12.5. The average Bonchev–Trinajstić information content (AvgIpc) is 2.16. The summed E-state index contributed by atoms with van der Waals surface area (Å²) in [6.07, 6.45) is 10.1. The molecule has 1 unspecified atom stereocenters. The molecule has 0 aliphatic heterocycles. The summed E-state index contributed by atoms with van der Waals surface area (Å²) >= 11 is 0. The highest BCUT2D eigenvalue weighted by Gasteiger charge is 2.02. The van der Waals surface area contributed by atoms with Crippen LogP contribution in [0.15, 0.2) is 36.0 Å². The zero-order chi connectivity index (χ0) is 11.0. The van der Waals surface area contributed by atoms with Gasteiger partial charge in [0.2, 0.25) is 0 Å². The molecule has 0 heterocycles. The maximum Gasteiger partial charge on any atom is -0.0256 e. The molecule has 0 aromatic heterocycles. The fraction of sp³-hybridized carbons (Fsp3) is 0.571. The number of rotatable bonds is 6. The Bertz CT molecular complexity index is 218. The number of hydrogen-bond acceptors (Lipinski definition) is 0. The molecule has 0 bridgehead atoms. The van der Waals surface area contributed by atoms with Gasteiger partial charge in [0.25, 0.3) is 0 Å². The molecular weight excluding hydrogens is 168 g/mol. The average molecular weight is 192 g/mol. The summed E-state index contributed by atoms with van der Waals surface area (Å²) in [5.74, 6) is 0.792. The largest absolute Gasteiger partial charge is 0.0988 e. The van der Waals surface area contributed by atoms with Crippen LogP contribution in [0.25, 0.3) is 0 Å². The van der Waals surface area contributed by atoms with Gasteiger partial charge >= 0.3 is 0 Å². The van der Waals surface area contributed by atoms with Crippen molar-refractivity contribution in [3.05, 3.63) is 36.0 Å². The van der Waals surface area contributed by atoms with E-state index in [4.69, 9.17) is 0 Å². The van der Waals surface area contributed by atoms with E-state index in [1.165, 1.54) is 30.4 Å². The molecule has 80 valence electrons. The molecule has 0 spiro atoms. The lowest BCUT2D eigenvalue weighted by Gasteiger charge is -2.10.